The Labute approximate surface area is 113 Å². The van der Waals surface area contributed by atoms with Gasteiger partial charge in [0.25, 0.3) is 0 Å². The van der Waals surface area contributed by atoms with E-state index >= 15 is 0 Å². The predicted molar refractivity (Wildman–Crippen MR) is 75.6 cm³/mol. The molecule has 100 valence electrons. The molecular formula is C14H22N2OS. The highest BCUT2D eigenvalue weighted by Crippen LogP contribution is 2.39. The minimum atomic E-state index is 0.172. The summed E-state index contributed by atoms with van der Waals surface area (Å²) < 4.78 is 0. The SMILES string of the molecule is NCC1(CNC(=O)CCCc2cccs2)CCC1. The average Bonchev–Trinajstić information content (AvgIpc) is 2.81. The van der Waals surface area contributed by atoms with Crippen LogP contribution in [0.5, 0.6) is 0 Å². The summed E-state index contributed by atoms with van der Waals surface area (Å²) in [4.78, 5) is 13.1. The minimum absolute atomic E-state index is 0.172. The molecule has 3 nitrogen and oxygen atoms in total. The Kier molecular flexibility index (Phi) is 4.78. The van der Waals surface area contributed by atoms with Gasteiger partial charge in [-0.15, -0.1) is 11.3 Å². The fourth-order valence-corrected chi connectivity index (χ4v) is 3.13. The smallest absolute Gasteiger partial charge is 0.220 e. The lowest BCUT2D eigenvalue weighted by Crippen LogP contribution is -2.46. The second-order valence-electron chi connectivity index (χ2n) is 5.27. The summed E-state index contributed by atoms with van der Waals surface area (Å²) in [5.74, 6) is 0.172. The molecule has 0 bridgehead atoms. The number of carbonyl (C=O) groups is 1. The molecule has 1 fully saturated rings. The molecule has 1 amide bonds. The lowest BCUT2D eigenvalue weighted by Gasteiger charge is -2.41. The molecular weight excluding hydrogens is 244 g/mol. The van der Waals surface area contributed by atoms with Gasteiger partial charge in [0.1, 0.15) is 0 Å². The third kappa shape index (κ3) is 3.56. The number of thiophene rings is 1. The Morgan fingerprint density at radius 3 is 2.89 bits per heavy atom. The largest absolute Gasteiger partial charge is 0.355 e. The number of aryl methyl sites for hydroxylation is 1. The zero-order valence-corrected chi connectivity index (χ0v) is 11.6. The van der Waals surface area contributed by atoms with Crippen LogP contribution in [-0.2, 0) is 11.2 Å². The Balaban J connectivity index is 1.60. The standard InChI is InChI=1S/C14H22N2OS/c15-10-14(7-3-8-14)11-16-13(17)6-1-4-12-5-2-9-18-12/h2,5,9H,1,3-4,6-8,10-11,15H2,(H,16,17). The molecule has 0 radical (unpaired) electrons. The third-order valence-electron chi connectivity index (χ3n) is 3.91. The van der Waals surface area contributed by atoms with Crippen molar-refractivity contribution in [3.8, 4) is 0 Å². The van der Waals surface area contributed by atoms with Gasteiger partial charge in [-0.2, -0.15) is 0 Å². The molecule has 0 atom stereocenters. The number of hydrogen-bond donors (Lipinski definition) is 2. The molecule has 0 saturated heterocycles. The van der Waals surface area contributed by atoms with Crippen LogP contribution in [0.3, 0.4) is 0 Å². The molecule has 1 heterocycles. The van der Waals surface area contributed by atoms with Crippen LogP contribution < -0.4 is 11.1 Å². The number of amides is 1. The normalized spacial score (nSPS) is 17.2. The van der Waals surface area contributed by atoms with Gasteiger partial charge in [-0.3, -0.25) is 4.79 Å². The summed E-state index contributed by atoms with van der Waals surface area (Å²) in [6, 6.07) is 4.18. The Hall–Kier alpha value is -0.870. The Morgan fingerprint density at radius 1 is 1.50 bits per heavy atom. The zero-order chi connectivity index (χ0) is 12.8. The van der Waals surface area contributed by atoms with Crippen LogP contribution in [0.4, 0.5) is 0 Å². The first-order chi connectivity index (χ1) is 8.74. The molecule has 2 rings (SSSR count). The highest BCUT2D eigenvalue weighted by atomic mass is 32.1. The van der Waals surface area contributed by atoms with Crippen molar-refractivity contribution in [1.82, 2.24) is 5.32 Å². The van der Waals surface area contributed by atoms with Gasteiger partial charge in [0.05, 0.1) is 0 Å². The topological polar surface area (TPSA) is 55.1 Å². The first-order valence-electron chi connectivity index (χ1n) is 6.73. The van der Waals surface area contributed by atoms with Crippen molar-refractivity contribution in [2.24, 2.45) is 11.1 Å². The van der Waals surface area contributed by atoms with Crippen molar-refractivity contribution < 1.29 is 4.79 Å². The van der Waals surface area contributed by atoms with Gasteiger partial charge in [0.15, 0.2) is 0 Å². The highest BCUT2D eigenvalue weighted by Gasteiger charge is 2.35. The maximum atomic E-state index is 11.7. The average molecular weight is 266 g/mol. The second kappa shape index (κ2) is 6.34. The van der Waals surface area contributed by atoms with Crippen LogP contribution >= 0.6 is 11.3 Å². The number of hydrogen-bond acceptors (Lipinski definition) is 3. The molecule has 1 aliphatic carbocycles. The lowest BCUT2D eigenvalue weighted by molar-refractivity contribution is -0.122. The van der Waals surface area contributed by atoms with Crippen molar-refractivity contribution in [2.45, 2.75) is 38.5 Å². The summed E-state index contributed by atoms with van der Waals surface area (Å²) in [7, 11) is 0. The van der Waals surface area contributed by atoms with Crippen LogP contribution in [0.1, 0.15) is 37.0 Å². The van der Waals surface area contributed by atoms with E-state index in [2.05, 4.69) is 22.8 Å². The van der Waals surface area contributed by atoms with Crippen LogP contribution in [0.2, 0.25) is 0 Å². The summed E-state index contributed by atoms with van der Waals surface area (Å²) >= 11 is 1.76. The van der Waals surface area contributed by atoms with E-state index in [1.54, 1.807) is 11.3 Å². The van der Waals surface area contributed by atoms with E-state index in [-0.39, 0.29) is 11.3 Å². The fraction of sp³-hybridized carbons (Fsp3) is 0.643. The summed E-state index contributed by atoms with van der Waals surface area (Å²) in [5, 5.41) is 5.12. The molecule has 3 N–H and O–H groups in total. The van der Waals surface area contributed by atoms with Crippen LogP contribution in [0, 0.1) is 5.41 Å². The highest BCUT2D eigenvalue weighted by molar-refractivity contribution is 7.09. The minimum Gasteiger partial charge on any atom is -0.355 e. The number of nitrogens with two attached hydrogens (primary N) is 1. The van der Waals surface area contributed by atoms with E-state index in [4.69, 9.17) is 5.73 Å². The van der Waals surface area contributed by atoms with Crippen molar-refractivity contribution in [2.75, 3.05) is 13.1 Å². The van der Waals surface area contributed by atoms with Gasteiger partial charge in [-0.05, 0) is 49.1 Å². The Bertz CT molecular complexity index is 366. The van der Waals surface area contributed by atoms with Crippen LogP contribution in [0.25, 0.3) is 0 Å². The molecule has 1 aliphatic rings. The Morgan fingerprint density at radius 2 is 2.33 bits per heavy atom. The number of nitrogens with one attached hydrogen (secondary N) is 1. The van der Waals surface area contributed by atoms with E-state index < -0.39 is 0 Å². The molecule has 1 aromatic rings. The van der Waals surface area contributed by atoms with Crippen molar-refractivity contribution in [1.29, 1.82) is 0 Å². The van der Waals surface area contributed by atoms with Gasteiger partial charge >= 0.3 is 0 Å². The zero-order valence-electron chi connectivity index (χ0n) is 10.8. The molecule has 1 saturated carbocycles. The predicted octanol–water partition coefficient (Wildman–Crippen LogP) is 2.32. The van der Waals surface area contributed by atoms with Crippen LogP contribution in [-0.4, -0.2) is 19.0 Å². The van der Waals surface area contributed by atoms with Gasteiger partial charge in [0.2, 0.25) is 5.91 Å². The van der Waals surface area contributed by atoms with E-state index in [0.29, 0.717) is 13.0 Å². The fourth-order valence-electron chi connectivity index (χ4n) is 2.38. The van der Waals surface area contributed by atoms with Crippen LogP contribution in [0.15, 0.2) is 17.5 Å². The summed E-state index contributed by atoms with van der Waals surface area (Å²) in [5.41, 5.74) is 5.98. The molecule has 0 unspecified atom stereocenters. The number of rotatable bonds is 7. The molecule has 1 aromatic heterocycles. The van der Waals surface area contributed by atoms with E-state index in [1.807, 2.05) is 0 Å². The maximum Gasteiger partial charge on any atom is 0.220 e. The van der Waals surface area contributed by atoms with Crippen molar-refractivity contribution in [3.05, 3.63) is 22.4 Å². The van der Waals surface area contributed by atoms with Gasteiger partial charge in [0, 0.05) is 17.8 Å². The molecule has 0 aliphatic heterocycles. The maximum absolute atomic E-state index is 11.7. The lowest BCUT2D eigenvalue weighted by atomic mass is 9.69. The van der Waals surface area contributed by atoms with E-state index in [1.165, 1.54) is 24.1 Å². The second-order valence-corrected chi connectivity index (χ2v) is 6.30. The van der Waals surface area contributed by atoms with Gasteiger partial charge in [-0.1, -0.05) is 12.5 Å². The van der Waals surface area contributed by atoms with Crippen molar-refractivity contribution in [3.63, 3.8) is 0 Å². The monoisotopic (exact) mass is 266 g/mol. The summed E-state index contributed by atoms with van der Waals surface area (Å²) in [6.45, 7) is 1.46. The van der Waals surface area contributed by atoms with Gasteiger partial charge in [-0.25, -0.2) is 0 Å². The van der Waals surface area contributed by atoms with E-state index in [0.717, 1.165) is 19.4 Å². The molecule has 18 heavy (non-hydrogen) atoms. The quantitative estimate of drug-likeness (QED) is 0.795. The van der Waals surface area contributed by atoms with Gasteiger partial charge < -0.3 is 11.1 Å². The molecule has 0 spiro atoms. The number of carbonyl (C=O) groups excluding carboxylic acids is 1. The third-order valence-corrected chi connectivity index (χ3v) is 4.85. The van der Waals surface area contributed by atoms with E-state index in [9.17, 15) is 4.79 Å². The first-order valence-corrected chi connectivity index (χ1v) is 7.61. The summed E-state index contributed by atoms with van der Waals surface area (Å²) in [6.07, 6.45) is 6.15. The molecule has 0 aromatic carbocycles. The first kappa shape index (κ1) is 13.6. The van der Waals surface area contributed by atoms with Crippen molar-refractivity contribution >= 4 is 17.2 Å². The molecule has 4 heteroatoms.